The number of rotatable bonds is 3. The molecule has 2 heterocycles. The van der Waals surface area contributed by atoms with E-state index in [0.29, 0.717) is 13.0 Å². The molecule has 0 bridgehead atoms. The first-order valence-corrected chi connectivity index (χ1v) is 6.53. The molecule has 1 unspecified atom stereocenters. The molecule has 0 radical (unpaired) electrons. The Labute approximate surface area is 111 Å². The van der Waals surface area contributed by atoms with Gasteiger partial charge in [-0.2, -0.15) is 0 Å². The molecule has 2 saturated heterocycles. The molecule has 2 fully saturated rings. The van der Waals surface area contributed by atoms with E-state index in [0.717, 1.165) is 24.2 Å². The maximum Gasteiger partial charge on any atom is 0.416 e. The topological polar surface area (TPSA) is 87.2 Å². The summed E-state index contributed by atoms with van der Waals surface area (Å²) in [6, 6.07) is -0.634. The Hall–Kier alpha value is -1.63. The largest absolute Gasteiger partial charge is 0.480 e. The van der Waals surface area contributed by atoms with Crippen molar-refractivity contribution < 1.29 is 24.2 Å². The number of hydrogen-bond acceptors (Lipinski definition) is 5. The standard InChI is InChI=1S/C12H18N2O5/c15-10(14-6-7-19-12(14)18)8-13-5-3-1-2-4-9(13)11(16)17/h9H,1-8H2,(H,16,17). The van der Waals surface area contributed by atoms with Gasteiger partial charge in [-0.15, -0.1) is 0 Å². The van der Waals surface area contributed by atoms with Gasteiger partial charge in [-0.1, -0.05) is 12.8 Å². The second-order valence-corrected chi connectivity index (χ2v) is 4.83. The Bertz CT molecular complexity index is 384. The minimum atomic E-state index is -0.904. The fourth-order valence-electron chi connectivity index (χ4n) is 2.52. The number of carbonyl (C=O) groups excluding carboxylic acids is 2. The van der Waals surface area contributed by atoms with Gasteiger partial charge in [0.2, 0.25) is 5.91 Å². The highest BCUT2D eigenvalue weighted by molar-refractivity contribution is 5.94. The van der Waals surface area contributed by atoms with Gasteiger partial charge in [0.15, 0.2) is 0 Å². The van der Waals surface area contributed by atoms with Crippen LogP contribution in [0.2, 0.25) is 0 Å². The first-order chi connectivity index (χ1) is 9.09. The molecule has 2 rings (SSSR count). The fraction of sp³-hybridized carbons (Fsp3) is 0.750. The first kappa shape index (κ1) is 13.8. The van der Waals surface area contributed by atoms with Crippen LogP contribution in [0.5, 0.6) is 0 Å². The Morgan fingerprint density at radius 1 is 1.26 bits per heavy atom. The predicted octanol–water partition coefficient (Wildman–Crippen LogP) is 0.294. The van der Waals surface area contributed by atoms with Crippen LogP contribution in [0.25, 0.3) is 0 Å². The summed E-state index contributed by atoms with van der Waals surface area (Å²) < 4.78 is 4.71. The molecule has 0 aromatic rings. The maximum atomic E-state index is 12.0. The summed E-state index contributed by atoms with van der Waals surface area (Å²) in [5.41, 5.74) is 0. The highest BCUT2D eigenvalue weighted by Crippen LogP contribution is 2.17. The molecular weight excluding hydrogens is 252 g/mol. The molecule has 2 aliphatic rings. The second kappa shape index (κ2) is 6.01. The van der Waals surface area contributed by atoms with E-state index in [1.54, 1.807) is 4.90 Å². The summed E-state index contributed by atoms with van der Waals surface area (Å²) in [5, 5.41) is 9.21. The van der Waals surface area contributed by atoms with E-state index < -0.39 is 18.1 Å². The van der Waals surface area contributed by atoms with Crippen molar-refractivity contribution >= 4 is 18.0 Å². The number of aliphatic carboxylic acids is 1. The van der Waals surface area contributed by atoms with Crippen molar-refractivity contribution in [1.82, 2.24) is 9.80 Å². The van der Waals surface area contributed by atoms with Crippen LogP contribution in [-0.2, 0) is 14.3 Å². The van der Waals surface area contributed by atoms with E-state index in [-0.39, 0.29) is 25.6 Å². The Morgan fingerprint density at radius 2 is 2.05 bits per heavy atom. The van der Waals surface area contributed by atoms with Crippen LogP contribution in [0.4, 0.5) is 4.79 Å². The lowest BCUT2D eigenvalue weighted by Gasteiger charge is -2.26. The van der Waals surface area contributed by atoms with E-state index in [2.05, 4.69) is 0 Å². The predicted molar refractivity (Wildman–Crippen MR) is 64.5 cm³/mol. The SMILES string of the molecule is O=C(O)C1CCCCCN1CC(=O)N1CCOC1=O. The molecule has 0 spiro atoms. The molecule has 2 aliphatic heterocycles. The minimum Gasteiger partial charge on any atom is -0.480 e. The molecule has 19 heavy (non-hydrogen) atoms. The van der Waals surface area contributed by atoms with Gasteiger partial charge in [-0.05, 0) is 19.4 Å². The number of amides is 2. The third kappa shape index (κ3) is 3.23. The summed E-state index contributed by atoms with van der Waals surface area (Å²) in [7, 11) is 0. The van der Waals surface area contributed by atoms with Crippen LogP contribution in [0.3, 0.4) is 0 Å². The molecular formula is C12H18N2O5. The van der Waals surface area contributed by atoms with E-state index in [1.807, 2.05) is 0 Å². The summed E-state index contributed by atoms with van der Waals surface area (Å²) in [6.45, 7) is 1.01. The number of carboxylic acids is 1. The smallest absolute Gasteiger partial charge is 0.416 e. The molecule has 0 aromatic heterocycles. The average Bonchev–Trinajstić information content (AvgIpc) is 2.65. The normalized spacial score (nSPS) is 24.9. The number of carboxylic acid groups (broad SMARTS) is 1. The molecule has 106 valence electrons. The van der Waals surface area contributed by atoms with Gasteiger partial charge in [-0.25, -0.2) is 9.69 Å². The van der Waals surface area contributed by atoms with Gasteiger partial charge >= 0.3 is 12.1 Å². The van der Waals surface area contributed by atoms with Crippen molar-refractivity contribution in [1.29, 1.82) is 0 Å². The third-order valence-corrected chi connectivity index (χ3v) is 3.55. The van der Waals surface area contributed by atoms with Crippen LogP contribution < -0.4 is 0 Å². The monoisotopic (exact) mass is 270 g/mol. The van der Waals surface area contributed by atoms with E-state index >= 15 is 0 Å². The molecule has 1 atom stereocenters. The number of ether oxygens (including phenoxy) is 1. The molecule has 0 aliphatic carbocycles. The first-order valence-electron chi connectivity index (χ1n) is 6.53. The van der Waals surface area contributed by atoms with Crippen molar-refractivity contribution in [3.05, 3.63) is 0 Å². The highest BCUT2D eigenvalue weighted by atomic mass is 16.6. The molecule has 0 aromatic carbocycles. The maximum absolute atomic E-state index is 12.0. The van der Waals surface area contributed by atoms with Crippen molar-refractivity contribution in [2.75, 3.05) is 26.2 Å². The summed E-state index contributed by atoms with van der Waals surface area (Å²) >= 11 is 0. The lowest BCUT2D eigenvalue weighted by molar-refractivity contribution is -0.144. The summed E-state index contributed by atoms with van der Waals surface area (Å²) in [4.78, 5) is 37.2. The summed E-state index contributed by atoms with van der Waals surface area (Å²) in [5.74, 6) is -1.28. The zero-order valence-electron chi connectivity index (χ0n) is 10.7. The fourth-order valence-corrected chi connectivity index (χ4v) is 2.52. The quantitative estimate of drug-likeness (QED) is 0.793. The zero-order chi connectivity index (χ0) is 13.8. The van der Waals surface area contributed by atoms with Crippen LogP contribution >= 0.6 is 0 Å². The van der Waals surface area contributed by atoms with Crippen molar-refractivity contribution in [3.8, 4) is 0 Å². The molecule has 7 nitrogen and oxygen atoms in total. The Balaban J connectivity index is 2.00. The molecule has 7 heteroatoms. The lowest BCUT2D eigenvalue weighted by atomic mass is 10.1. The number of hydrogen-bond donors (Lipinski definition) is 1. The Morgan fingerprint density at radius 3 is 2.68 bits per heavy atom. The molecule has 0 saturated carbocycles. The molecule has 2 amide bonds. The number of likely N-dealkylation sites (tertiary alicyclic amines) is 1. The van der Waals surface area contributed by atoms with Crippen LogP contribution in [-0.4, -0.2) is 65.2 Å². The van der Waals surface area contributed by atoms with Gasteiger partial charge in [0.25, 0.3) is 0 Å². The number of carbonyl (C=O) groups is 3. The number of nitrogens with zero attached hydrogens (tertiary/aromatic N) is 2. The second-order valence-electron chi connectivity index (χ2n) is 4.83. The number of cyclic esters (lactones) is 1. The molecule has 1 N–H and O–H groups in total. The van der Waals surface area contributed by atoms with Gasteiger partial charge in [0, 0.05) is 0 Å². The average molecular weight is 270 g/mol. The lowest BCUT2D eigenvalue weighted by Crippen LogP contribution is -2.47. The number of imide groups is 1. The summed E-state index contributed by atoms with van der Waals surface area (Å²) in [6.07, 6.45) is 2.62. The van der Waals surface area contributed by atoms with Crippen molar-refractivity contribution in [2.24, 2.45) is 0 Å². The Kier molecular flexibility index (Phi) is 4.36. The van der Waals surface area contributed by atoms with E-state index in [1.165, 1.54) is 0 Å². The van der Waals surface area contributed by atoms with Crippen molar-refractivity contribution in [3.63, 3.8) is 0 Å². The van der Waals surface area contributed by atoms with Crippen molar-refractivity contribution in [2.45, 2.75) is 31.7 Å². The van der Waals surface area contributed by atoms with Gasteiger partial charge < -0.3 is 9.84 Å². The third-order valence-electron chi connectivity index (χ3n) is 3.55. The van der Waals surface area contributed by atoms with Crippen LogP contribution in [0.15, 0.2) is 0 Å². The van der Waals surface area contributed by atoms with Gasteiger partial charge in [-0.3, -0.25) is 14.5 Å². The highest BCUT2D eigenvalue weighted by Gasteiger charge is 2.33. The van der Waals surface area contributed by atoms with Crippen LogP contribution in [0.1, 0.15) is 25.7 Å². The van der Waals surface area contributed by atoms with E-state index in [9.17, 15) is 19.5 Å². The van der Waals surface area contributed by atoms with Gasteiger partial charge in [0.1, 0.15) is 12.6 Å². The minimum absolute atomic E-state index is 0.0356. The van der Waals surface area contributed by atoms with Crippen LogP contribution in [0, 0.1) is 0 Å². The van der Waals surface area contributed by atoms with E-state index in [4.69, 9.17) is 4.74 Å². The van der Waals surface area contributed by atoms with Gasteiger partial charge in [0.05, 0.1) is 13.1 Å². The zero-order valence-corrected chi connectivity index (χ0v) is 10.7.